The van der Waals surface area contributed by atoms with Crippen LogP contribution in [0.25, 0.3) is 0 Å². The third-order valence-electron chi connectivity index (χ3n) is 3.80. The predicted molar refractivity (Wildman–Crippen MR) is 102 cm³/mol. The number of hydrogen-bond donors (Lipinski definition) is 2. The lowest BCUT2D eigenvalue weighted by Gasteiger charge is -2.15. The zero-order valence-electron chi connectivity index (χ0n) is 14.9. The van der Waals surface area contributed by atoms with Crippen molar-refractivity contribution in [1.82, 2.24) is 0 Å². The van der Waals surface area contributed by atoms with Gasteiger partial charge in [-0.3, -0.25) is 10.2 Å². The summed E-state index contributed by atoms with van der Waals surface area (Å²) in [6, 6.07) is 15.6. The lowest BCUT2D eigenvalue weighted by atomic mass is 10.1. The van der Waals surface area contributed by atoms with Crippen molar-refractivity contribution in [1.29, 1.82) is 5.41 Å². The van der Waals surface area contributed by atoms with Crippen LogP contribution in [0.15, 0.2) is 66.7 Å². The molecule has 0 saturated carbocycles. The minimum Gasteiger partial charge on any atom is -0.439 e. The quantitative estimate of drug-likeness (QED) is 0.317. The average Bonchev–Trinajstić information content (AvgIpc) is 2.70. The first-order chi connectivity index (χ1) is 13.9. The van der Waals surface area contributed by atoms with Gasteiger partial charge < -0.3 is 14.8 Å². The SMILES string of the molecule is N=C(Oc1ccc(F)cc1)c1cc(C=O)ccc1Nc1cccc(OC(F)F)c1. The standard InChI is InChI=1S/C21H15F3N2O3/c22-14-5-7-16(8-6-14)28-20(25)18-10-13(12-27)4-9-19(18)26-15-2-1-3-17(11-15)29-21(23)24/h1-12,21,25-26H. The summed E-state index contributed by atoms with van der Waals surface area (Å²) in [4.78, 5) is 11.1. The molecule has 0 spiro atoms. The summed E-state index contributed by atoms with van der Waals surface area (Å²) in [5, 5.41) is 11.2. The Kier molecular flexibility index (Phi) is 6.13. The number of aldehydes is 1. The van der Waals surface area contributed by atoms with Crippen molar-refractivity contribution in [3.63, 3.8) is 0 Å². The lowest BCUT2D eigenvalue weighted by molar-refractivity contribution is -0.0498. The van der Waals surface area contributed by atoms with Gasteiger partial charge in [0, 0.05) is 17.3 Å². The highest BCUT2D eigenvalue weighted by Gasteiger charge is 2.13. The van der Waals surface area contributed by atoms with Crippen molar-refractivity contribution in [2.45, 2.75) is 6.61 Å². The van der Waals surface area contributed by atoms with E-state index >= 15 is 0 Å². The van der Waals surface area contributed by atoms with E-state index in [9.17, 15) is 18.0 Å². The number of nitrogens with one attached hydrogen (secondary N) is 2. The van der Waals surface area contributed by atoms with E-state index in [2.05, 4.69) is 10.1 Å². The summed E-state index contributed by atoms with van der Waals surface area (Å²) in [6.45, 7) is -2.95. The second-order valence-corrected chi connectivity index (χ2v) is 5.84. The molecule has 29 heavy (non-hydrogen) atoms. The van der Waals surface area contributed by atoms with Crippen molar-refractivity contribution in [3.8, 4) is 11.5 Å². The molecule has 8 heteroatoms. The Bertz CT molecular complexity index is 1020. The fraction of sp³-hybridized carbons (Fsp3) is 0.0476. The molecule has 0 amide bonds. The minimum absolute atomic E-state index is 0.0336. The number of halogens is 3. The highest BCUT2D eigenvalue weighted by Crippen LogP contribution is 2.26. The third kappa shape index (κ3) is 5.35. The molecule has 0 aliphatic carbocycles. The van der Waals surface area contributed by atoms with Crippen LogP contribution in [0.3, 0.4) is 0 Å². The highest BCUT2D eigenvalue weighted by molar-refractivity contribution is 6.01. The summed E-state index contributed by atoms with van der Waals surface area (Å²) < 4.78 is 47.7. The molecule has 0 bridgehead atoms. The molecule has 5 nitrogen and oxygen atoms in total. The fourth-order valence-corrected chi connectivity index (χ4v) is 2.51. The summed E-state index contributed by atoms with van der Waals surface area (Å²) in [5.74, 6) is -0.525. The zero-order chi connectivity index (χ0) is 20.8. The first-order valence-electron chi connectivity index (χ1n) is 8.38. The van der Waals surface area contributed by atoms with Gasteiger partial charge in [0.05, 0.1) is 11.3 Å². The van der Waals surface area contributed by atoms with Crippen molar-refractivity contribution in [3.05, 3.63) is 83.7 Å². The Hall–Kier alpha value is -3.81. The normalized spacial score (nSPS) is 10.5. The first kappa shape index (κ1) is 19.9. The molecule has 0 radical (unpaired) electrons. The van der Waals surface area contributed by atoms with E-state index in [1.807, 2.05) is 0 Å². The monoisotopic (exact) mass is 400 g/mol. The third-order valence-corrected chi connectivity index (χ3v) is 3.80. The average molecular weight is 400 g/mol. The predicted octanol–water partition coefficient (Wildman–Crippen LogP) is 5.39. The van der Waals surface area contributed by atoms with E-state index in [0.717, 1.165) is 0 Å². The molecule has 0 saturated heterocycles. The Morgan fingerprint density at radius 1 is 1.00 bits per heavy atom. The van der Waals surface area contributed by atoms with Crippen molar-refractivity contribution in [2.75, 3.05) is 5.32 Å². The van der Waals surface area contributed by atoms with E-state index in [-0.39, 0.29) is 23.0 Å². The summed E-state index contributed by atoms with van der Waals surface area (Å²) in [6.07, 6.45) is 0.621. The maximum atomic E-state index is 13.0. The number of hydrogen-bond acceptors (Lipinski definition) is 5. The number of benzene rings is 3. The largest absolute Gasteiger partial charge is 0.439 e. The van der Waals surface area contributed by atoms with Gasteiger partial charge in [0.25, 0.3) is 0 Å². The van der Waals surface area contributed by atoms with Gasteiger partial charge in [-0.25, -0.2) is 4.39 Å². The molecule has 0 aromatic heterocycles. The van der Waals surface area contributed by atoms with Crippen LogP contribution in [0, 0.1) is 11.2 Å². The number of rotatable bonds is 7. The molecule has 148 valence electrons. The van der Waals surface area contributed by atoms with Crippen LogP contribution in [0.4, 0.5) is 24.5 Å². The second kappa shape index (κ2) is 8.92. The maximum Gasteiger partial charge on any atom is 0.387 e. The van der Waals surface area contributed by atoms with Crippen LogP contribution >= 0.6 is 0 Å². The Morgan fingerprint density at radius 2 is 1.76 bits per heavy atom. The Labute approximate surface area is 164 Å². The molecule has 0 heterocycles. The minimum atomic E-state index is -2.95. The van der Waals surface area contributed by atoms with Crippen LogP contribution in [0.1, 0.15) is 15.9 Å². The van der Waals surface area contributed by atoms with Gasteiger partial charge >= 0.3 is 6.61 Å². The van der Waals surface area contributed by atoms with Gasteiger partial charge in [-0.1, -0.05) is 6.07 Å². The van der Waals surface area contributed by atoms with Crippen molar-refractivity contribution >= 4 is 23.6 Å². The lowest BCUT2D eigenvalue weighted by Crippen LogP contribution is -2.12. The topological polar surface area (TPSA) is 71.4 Å². The maximum absolute atomic E-state index is 13.0. The molecule has 3 rings (SSSR count). The van der Waals surface area contributed by atoms with Crippen LogP contribution in [-0.4, -0.2) is 18.8 Å². The van der Waals surface area contributed by atoms with Gasteiger partial charge in [0.2, 0.25) is 5.90 Å². The van der Waals surface area contributed by atoms with Gasteiger partial charge in [-0.05, 0) is 54.6 Å². The van der Waals surface area contributed by atoms with Gasteiger partial charge in [0.1, 0.15) is 23.6 Å². The van der Waals surface area contributed by atoms with Crippen LogP contribution in [-0.2, 0) is 0 Å². The molecular formula is C21H15F3N2O3. The van der Waals surface area contributed by atoms with Crippen molar-refractivity contribution in [2.24, 2.45) is 0 Å². The smallest absolute Gasteiger partial charge is 0.387 e. The van der Waals surface area contributed by atoms with Crippen LogP contribution in [0.2, 0.25) is 0 Å². The number of carbonyl (C=O) groups excluding carboxylic acids is 1. The number of anilines is 2. The van der Waals surface area contributed by atoms with E-state index in [4.69, 9.17) is 10.1 Å². The van der Waals surface area contributed by atoms with E-state index in [0.29, 0.717) is 23.2 Å². The zero-order valence-corrected chi connectivity index (χ0v) is 14.9. The molecule has 0 unspecified atom stereocenters. The molecule has 0 atom stereocenters. The Morgan fingerprint density at radius 3 is 2.45 bits per heavy atom. The van der Waals surface area contributed by atoms with E-state index in [1.54, 1.807) is 12.1 Å². The second-order valence-electron chi connectivity index (χ2n) is 5.84. The number of alkyl halides is 2. The molecule has 3 aromatic carbocycles. The summed E-state index contributed by atoms with van der Waals surface area (Å²) >= 11 is 0. The first-order valence-corrected chi connectivity index (χ1v) is 8.38. The van der Waals surface area contributed by atoms with Gasteiger partial charge in [-0.15, -0.1) is 0 Å². The number of carbonyl (C=O) groups is 1. The molecule has 0 fully saturated rings. The van der Waals surface area contributed by atoms with E-state index in [1.165, 1.54) is 54.6 Å². The summed E-state index contributed by atoms with van der Waals surface area (Å²) in [7, 11) is 0. The molecule has 0 aliphatic rings. The Balaban J connectivity index is 1.88. The van der Waals surface area contributed by atoms with Gasteiger partial charge in [-0.2, -0.15) is 8.78 Å². The molecular weight excluding hydrogens is 385 g/mol. The summed E-state index contributed by atoms with van der Waals surface area (Å²) in [5.41, 5.74) is 1.39. The van der Waals surface area contributed by atoms with Gasteiger partial charge in [0.15, 0.2) is 0 Å². The number of ether oxygens (including phenoxy) is 2. The van der Waals surface area contributed by atoms with Crippen molar-refractivity contribution < 1.29 is 27.4 Å². The van der Waals surface area contributed by atoms with E-state index < -0.39 is 12.4 Å². The van der Waals surface area contributed by atoms with Crippen LogP contribution < -0.4 is 14.8 Å². The highest BCUT2D eigenvalue weighted by atomic mass is 19.3. The van der Waals surface area contributed by atoms with Crippen LogP contribution in [0.5, 0.6) is 11.5 Å². The fourth-order valence-electron chi connectivity index (χ4n) is 2.51. The molecule has 3 aromatic rings. The molecule has 0 aliphatic heterocycles. The molecule has 2 N–H and O–H groups in total.